The molecule has 1 saturated heterocycles. The van der Waals surface area contributed by atoms with Crippen LogP contribution in [0.25, 0.3) is 5.65 Å². The van der Waals surface area contributed by atoms with Crippen LogP contribution in [-0.4, -0.2) is 58.1 Å². The fraction of sp³-hybridized carbons (Fsp3) is 0.333. The molecule has 0 bridgehead atoms. The van der Waals surface area contributed by atoms with E-state index in [0.717, 1.165) is 61.1 Å². The first-order valence-corrected chi connectivity index (χ1v) is 12.9. The SMILES string of the molecule is Cc1ccccc1C(CC(=O)N1CCN(Cc2ccc3c(c2)OCO3)CC1)c1cnc2c(C)cccn12. The van der Waals surface area contributed by atoms with Crippen LogP contribution >= 0.6 is 0 Å². The largest absolute Gasteiger partial charge is 0.454 e. The Kier molecular flexibility index (Phi) is 6.30. The number of imidazole rings is 1. The number of ether oxygens (including phenoxy) is 2. The van der Waals surface area contributed by atoms with Gasteiger partial charge in [-0.1, -0.05) is 36.4 Å². The molecule has 7 heteroatoms. The molecule has 0 saturated carbocycles. The van der Waals surface area contributed by atoms with Crippen molar-refractivity contribution in [3.63, 3.8) is 0 Å². The number of aromatic nitrogens is 2. The van der Waals surface area contributed by atoms with Gasteiger partial charge in [-0.05, 0) is 54.3 Å². The average molecular weight is 497 g/mol. The Hall–Kier alpha value is -3.84. The van der Waals surface area contributed by atoms with Gasteiger partial charge in [0.1, 0.15) is 5.65 Å². The molecule has 0 radical (unpaired) electrons. The van der Waals surface area contributed by atoms with Gasteiger partial charge in [0.25, 0.3) is 0 Å². The fourth-order valence-corrected chi connectivity index (χ4v) is 5.54. The second-order valence-electron chi connectivity index (χ2n) is 10.0. The van der Waals surface area contributed by atoms with Crippen molar-refractivity contribution in [3.05, 3.63) is 94.9 Å². The van der Waals surface area contributed by atoms with E-state index in [2.05, 4.69) is 71.8 Å². The van der Waals surface area contributed by atoms with E-state index in [1.54, 1.807) is 0 Å². The lowest BCUT2D eigenvalue weighted by Gasteiger charge is -2.35. The summed E-state index contributed by atoms with van der Waals surface area (Å²) in [6.07, 6.45) is 4.42. The zero-order chi connectivity index (χ0) is 25.4. The van der Waals surface area contributed by atoms with E-state index in [1.807, 2.05) is 23.2 Å². The topological polar surface area (TPSA) is 59.3 Å². The van der Waals surface area contributed by atoms with E-state index in [0.29, 0.717) is 6.42 Å². The van der Waals surface area contributed by atoms with E-state index < -0.39 is 0 Å². The van der Waals surface area contributed by atoms with Crippen LogP contribution in [0.4, 0.5) is 0 Å². The molecule has 1 atom stereocenters. The number of pyridine rings is 1. The zero-order valence-electron chi connectivity index (χ0n) is 21.4. The Morgan fingerprint density at radius 2 is 1.73 bits per heavy atom. The van der Waals surface area contributed by atoms with Gasteiger partial charge in [0, 0.05) is 57.5 Å². The number of hydrogen-bond acceptors (Lipinski definition) is 5. The number of benzene rings is 2. The Morgan fingerprint density at radius 1 is 0.946 bits per heavy atom. The smallest absolute Gasteiger partial charge is 0.231 e. The highest BCUT2D eigenvalue weighted by Gasteiger charge is 2.28. The van der Waals surface area contributed by atoms with Gasteiger partial charge >= 0.3 is 0 Å². The van der Waals surface area contributed by atoms with E-state index in [1.165, 1.54) is 16.7 Å². The van der Waals surface area contributed by atoms with Gasteiger partial charge in [-0.2, -0.15) is 0 Å². The van der Waals surface area contributed by atoms with Crippen molar-refractivity contribution in [1.29, 1.82) is 0 Å². The summed E-state index contributed by atoms with van der Waals surface area (Å²) in [5, 5.41) is 0. The van der Waals surface area contributed by atoms with Crippen molar-refractivity contribution >= 4 is 11.6 Å². The molecule has 1 fully saturated rings. The number of amides is 1. The van der Waals surface area contributed by atoms with Crippen molar-refractivity contribution in [2.75, 3.05) is 33.0 Å². The number of nitrogens with zero attached hydrogens (tertiary/aromatic N) is 4. The van der Waals surface area contributed by atoms with Crippen LogP contribution in [0.2, 0.25) is 0 Å². The molecule has 2 aromatic heterocycles. The zero-order valence-corrected chi connectivity index (χ0v) is 21.4. The van der Waals surface area contributed by atoms with E-state index in [-0.39, 0.29) is 18.6 Å². The predicted octanol–water partition coefficient (Wildman–Crippen LogP) is 4.55. The first kappa shape index (κ1) is 23.6. The first-order valence-electron chi connectivity index (χ1n) is 12.9. The number of rotatable bonds is 6. The number of piperazine rings is 1. The summed E-state index contributed by atoms with van der Waals surface area (Å²) >= 11 is 0. The molecule has 0 N–H and O–H groups in total. The van der Waals surface area contributed by atoms with Crippen LogP contribution < -0.4 is 9.47 Å². The molecule has 2 aromatic carbocycles. The third kappa shape index (κ3) is 4.67. The van der Waals surface area contributed by atoms with E-state index in [4.69, 9.17) is 14.5 Å². The maximum Gasteiger partial charge on any atom is 0.231 e. The molecule has 0 aliphatic carbocycles. The number of hydrogen-bond donors (Lipinski definition) is 0. The van der Waals surface area contributed by atoms with Gasteiger partial charge in [-0.15, -0.1) is 0 Å². The van der Waals surface area contributed by atoms with Gasteiger partial charge < -0.3 is 18.8 Å². The fourth-order valence-electron chi connectivity index (χ4n) is 5.54. The second kappa shape index (κ2) is 9.90. The standard InChI is InChI=1S/C30H32N4O3/c1-21-6-3-4-8-24(21)25(26-18-31-30-22(2)7-5-11-34(26)30)17-29(35)33-14-12-32(13-15-33)19-23-9-10-27-28(16-23)37-20-36-27/h3-11,16,18,25H,12-15,17,19-20H2,1-2H3. The normalized spacial score (nSPS) is 16.3. The van der Waals surface area contributed by atoms with Crippen LogP contribution in [0.1, 0.15) is 40.3 Å². The Bertz CT molecular complexity index is 1440. The van der Waals surface area contributed by atoms with Gasteiger partial charge in [0.05, 0.1) is 5.69 Å². The molecule has 1 amide bonds. The van der Waals surface area contributed by atoms with Crippen LogP contribution in [-0.2, 0) is 11.3 Å². The summed E-state index contributed by atoms with van der Waals surface area (Å²) in [6, 6.07) is 18.6. The lowest BCUT2D eigenvalue weighted by atomic mass is 9.89. The number of fused-ring (bicyclic) bond motifs is 2. The molecule has 37 heavy (non-hydrogen) atoms. The molecular weight excluding hydrogens is 464 g/mol. The van der Waals surface area contributed by atoms with Crippen LogP contribution in [0.5, 0.6) is 11.5 Å². The van der Waals surface area contributed by atoms with Gasteiger partial charge in [0.15, 0.2) is 11.5 Å². The first-order chi connectivity index (χ1) is 18.1. The number of carbonyl (C=O) groups is 1. The summed E-state index contributed by atoms with van der Waals surface area (Å²) in [7, 11) is 0. The Labute approximate surface area is 217 Å². The summed E-state index contributed by atoms with van der Waals surface area (Å²) in [4.78, 5) is 22.8. The molecule has 4 aromatic rings. The van der Waals surface area contributed by atoms with Gasteiger partial charge in [-0.3, -0.25) is 9.69 Å². The molecule has 1 unspecified atom stereocenters. The van der Waals surface area contributed by atoms with Crippen LogP contribution in [0, 0.1) is 13.8 Å². The molecule has 2 aliphatic rings. The Balaban J connectivity index is 1.17. The van der Waals surface area contributed by atoms with Crippen molar-refractivity contribution in [3.8, 4) is 11.5 Å². The van der Waals surface area contributed by atoms with E-state index in [9.17, 15) is 4.79 Å². The highest BCUT2D eigenvalue weighted by Crippen LogP contribution is 2.34. The lowest BCUT2D eigenvalue weighted by Crippen LogP contribution is -2.48. The van der Waals surface area contributed by atoms with E-state index >= 15 is 0 Å². The third-order valence-electron chi connectivity index (χ3n) is 7.63. The highest BCUT2D eigenvalue weighted by molar-refractivity contribution is 5.78. The molecule has 190 valence electrons. The van der Waals surface area contributed by atoms with Crippen molar-refractivity contribution in [2.45, 2.75) is 32.7 Å². The second-order valence-corrected chi connectivity index (χ2v) is 10.0. The molecule has 0 spiro atoms. The van der Waals surface area contributed by atoms with Gasteiger partial charge in [0.2, 0.25) is 12.7 Å². The summed E-state index contributed by atoms with van der Waals surface area (Å²) in [5.41, 5.74) is 6.70. The Morgan fingerprint density at radius 3 is 2.57 bits per heavy atom. The third-order valence-corrected chi connectivity index (χ3v) is 7.63. The summed E-state index contributed by atoms with van der Waals surface area (Å²) in [6.45, 7) is 8.49. The molecule has 2 aliphatic heterocycles. The maximum absolute atomic E-state index is 13.6. The van der Waals surface area contributed by atoms with Crippen LogP contribution in [0.3, 0.4) is 0 Å². The molecule has 4 heterocycles. The number of carbonyl (C=O) groups excluding carboxylic acids is 1. The minimum Gasteiger partial charge on any atom is -0.454 e. The maximum atomic E-state index is 13.6. The van der Waals surface area contributed by atoms with Crippen molar-refractivity contribution in [2.24, 2.45) is 0 Å². The van der Waals surface area contributed by atoms with Crippen molar-refractivity contribution in [1.82, 2.24) is 19.2 Å². The molecule has 7 nitrogen and oxygen atoms in total. The predicted molar refractivity (Wildman–Crippen MR) is 142 cm³/mol. The minimum absolute atomic E-state index is 0.0582. The summed E-state index contributed by atoms with van der Waals surface area (Å²) < 4.78 is 13.1. The molecule has 6 rings (SSSR count). The van der Waals surface area contributed by atoms with Crippen LogP contribution in [0.15, 0.2) is 67.0 Å². The monoisotopic (exact) mass is 496 g/mol. The average Bonchev–Trinajstić information content (AvgIpc) is 3.56. The minimum atomic E-state index is -0.0582. The lowest BCUT2D eigenvalue weighted by molar-refractivity contribution is -0.133. The summed E-state index contributed by atoms with van der Waals surface area (Å²) in [5.74, 6) is 1.76. The highest BCUT2D eigenvalue weighted by atomic mass is 16.7. The molecular formula is C30H32N4O3. The number of aryl methyl sites for hydroxylation is 2. The van der Waals surface area contributed by atoms with Crippen molar-refractivity contribution < 1.29 is 14.3 Å². The van der Waals surface area contributed by atoms with Gasteiger partial charge in [-0.25, -0.2) is 4.98 Å². The quantitative estimate of drug-likeness (QED) is 0.392.